The monoisotopic (exact) mass is 330 g/mol. The molecule has 2 aromatic carbocycles. The number of nitrogens with zero attached hydrogens (tertiary/aromatic N) is 3. The summed E-state index contributed by atoms with van der Waals surface area (Å²) in [5.41, 5.74) is 4.31. The van der Waals surface area contributed by atoms with Crippen molar-refractivity contribution in [2.75, 3.05) is 5.32 Å². The van der Waals surface area contributed by atoms with Gasteiger partial charge >= 0.3 is 0 Å². The number of hydrogen-bond donors (Lipinski definition) is 1. The highest BCUT2D eigenvalue weighted by molar-refractivity contribution is 5.91. The Hall–Kier alpha value is -2.88. The molecule has 0 spiro atoms. The van der Waals surface area contributed by atoms with E-state index in [2.05, 4.69) is 59.8 Å². The number of para-hydroxylation sites is 1. The predicted octanol–water partition coefficient (Wildman–Crippen LogP) is 4.62. The van der Waals surface area contributed by atoms with Gasteiger partial charge in [-0.15, -0.1) is 0 Å². The van der Waals surface area contributed by atoms with Crippen molar-refractivity contribution in [3.63, 3.8) is 0 Å². The van der Waals surface area contributed by atoms with Crippen LogP contribution in [0.2, 0.25) is 0 Å². The van der Waals surface area contributed by atoms with Gasteiger partial charge in [0.15, 0.2) is 5.65 Å². The molecule has 0 radical (unpaired) electrons. The molecule has 0 saturated heterocycles. The minimum absolute atomic E-state index is 0.336. The number of rotatable bonds is 5. The molecule has 0 aliphatic heterocycles. The Balaban J connectivity index is 1.61. The van der Waals surface area contributed by atoms with Gasteiger partial charge in [0.2, 0.25) is 0 Å². The minimum Gasteiger partial charge on any atom is -0.367 e. The number of hydrogen-bond acceptors (Lipinski definition) is 3. The van der Waals surface area contributed by atoms with Gasteiger partial charge in [-0.1, -0.05) is 42.5 Å². The molecule has 1 unspecified atom stereocenters. The predicted molar refractivity (Wildman–Crippen MR) is 103 cm³/mol. The zero-order valence-electron chi connectivity index (χ0n) is 14.6. The first-order valence-electron chi connectivity index (χ1n) is 8.76. The van der Waals surface area contributed by atoms with E-state index in [1.54, 1.807) is 0 Å². The highest BCUT2D eigenvalue weighted by atomic mass is 15.3. The van der Waals surface area contributed by atoms with Crippen LogP contribution in [0.25, 0.3) is 16.6 Å². The summed E-state index contributed by atoms with van der Waals surface area (Å²) in [4.78, 5) is 4.81. The van der Waals surface area contributed by atoms with Gasteiger partial charge in [-0.2, -0.15) is 5.10 Å². The lowest BCUT2D eigenvalue weighted by atomic mass is 10.1. The van der Waals surface area contributed by atoms with Crippen molar-refractivity contribution in [3.8, 4) is 0 Å². The second-order valence-electron chi connectivity index (χ2n) is 6.60. The van der Waals surface area contributed by atoms with E-state index in [0.29, 0.717) is 6.04 Å². The average Bonchev–Trinajstić information content (AvgIpc) is 3.01. The van der Waals surface area contributed by atoms with Gasteiger partial charge < -0.3 is 5.32 Å². The van der Waals surface area contributed by atoms with Gasteiger partial charge in [0, 0.05) is 17.5 Å². The molecule has 4 rings (SSSR count). The number of benzene rings is 2. The van der Waals surface area contributed by atoms with Gasteiger partial charge in [-0.05, 0) is 44.4 Å². The molecule has 0 bridgehead atoms. The number of aromatic nitrogens is 3. The normalized spacial score (nSPS) is 12.6. The summed E-state index contributed by atoms with van der Waals surface area (Å²) in [5, 5.41) is 9.27. The maximum atomic E-state index is 4.81. The van der Waals surface area contributed by atoms with Crippen LogP contribution in [0.5, 0.6) is 0 Å². The standard InChI is InChI=1S/C21H22N4/c1-15(12-13-17-8-4-3-5-9-17)22-21-18-10-6-7-11-19(18)25-20(23-21)14-16(2)24-25/h3-11,14-15H,12-13H2,1-2H3,(H,22,23). The molecule has 0 fully saturated rings. The van der Waals surface area contributed by atoms with Gasteiger partial charge in [-0.25, -0.2) is 9.50 Å². The van der Waals surface area contributed by atoms with E-state index < -0.39 is 0 Å². The summed E-state index contributed by atoms with van der Waals surface area (Å²) in [6.45, 7) is 4.21. The Labute approximate surface area is 147 Å². The third kappa shape index (κ3) is 3.20. The minimum atomic E-state index is 0.336. The second-order valence-corrected chi connectivity index (χ2v) is 6.60. The van der Waals surface area contributed by atoms with E-state index in [9.17, 15) is 0 Å². The molecule has 2 aromatic heterocycles. The molecule has 1 N–H and O–H groups in total. The van der Waals surface area contributed by atoms with E-state index in [4.69, 9.17) is 4.98 Å². The zero-order chi connectivity index (χ0) is 17.2. The van der Waals surface area contributed by atoms with E-state index in [-0.39, 0.29) is 0 Å². The van der Waals surface area contributed by atoms with Gasteiger partial charge in [-0.3, -0.25) is 0 Å². The van der Waals surface area contributed by atoms with Crippen LogP contribution < -0.4 is 5.32 Å². The lowest BCUT2D eigenvalue weighted by molar-refractivity contribution is 0.704. The summed E-state index contributed by atoms with van der Waals surface area (Å²) < 4.78 is 1.92. The van der Waals surface area contributed by atoms with Crippen molar-refractivity contribution >= 4 is 22.4 Å². The molecule has 126 valence electrons. The first kappa shape index (κ1) is 15.6. The van der Waals surface area contributed by atoms with Crippen LogP contribution in [-0.2, 0) is 6.42 Å². The van der Waals surface area contributed by atoms with E-state index in [1.807, 2.05) is 29.6 Å². The first-order chi connectivity index (χ1) is 12.2. The molecule has 1 atom stereocenters. The largest absolute Gasteiger partial charge is 0.367 e. The van der Waals surface area contributed by atoms with E-state index >= 15 is 0 Å². The molecule has 4 nitrogen and oxygen atoms in total. The SMILES string of the molecule is Cc1cc2nc(NC(C)CCc3ccccc3)c3ccccc3n2n1. The molecule has 25 heavy (non-hydrogen) atoms. The maximum absolute atomic E-state index is 4.81. The highest BCUT2D eigenvalue weighted by Gasteiger charge is 2.12. The van der Waals surface area contributed by atoms with Gasteiger partial charge in [0.05, 0.1) is 11.2 Å². The average molecular weight is 330 g/mol. The molecule has 0 aliphatic rings. The van der Waals surface area contributed by atoms with Crippen molar-refractivity contribution in [3.05, 3.63) is 71.9 Å². The molecule has 2 heterocycles. The molecule has 0 amide bonds. The van der Waals surface area contributed by atoms with E-state index in [1.165, 1.54) is 5.56 Å². The molecular weight excluding hydrogens is 308 g/mol. The summed E-state index contributed by atoms with van der Waals surface area (Å²) >= 11 is 0. The summed E-state index contributed by atoms with van der Waals surface area (Å²) in [5.74, 6) is 0.934. The van der Waals surface area contributed by atoms with Crippen molar-refractivity contribution in [1.29, 1.82) is 0 Å². The third-order valence-corrected chi connectivity index (χ3v) is 4.52. The Kier molecular flexibility index (Phi) is 4.10. The second kappa shape index (κ2) is 6.55. The number of aryl methyl sites for hydroxylation is 2. The molecule has 0 aliphatic carbocycles. The molecule has 4 heteroatoms. The van der Waals surface area contributed by atoms with E-state index in [0.717, 1.165) is 40.9 Å². The van der Waals surface area contributed by atoms with Crippen LogP contribution in [0, 0.1) is 6.92 Å². The first-order valence-corrected chi connectivity index (χ1v) is 8.76. The van der Waals surface area contributed by atoms with Crippen LogP contribution in [0.1, 0.15) is 24.6 Å². The lowest BCUT2D eigenvalue weighted by Crippen LogP contribution is -2.17. The Morgan fingerprint density at radius 3 is 2.64 bits per heavy atom. The quantitative estimate of drug-likeness (QED) is 0.580. The van der Waals surface area contributed by atoms with Crippen molar-refractivity contribution in [2.24, 2.45) is 0 Å². The Morgan fingerprint density at radius 1 is 1.04 bits per heavy atom. The fourth-order valence-corrected chi connectivity index (χ4v) is 3.22. The summed E-state index contributed by atoms with van der Waals surface area (Å²) in [7, 11) is 0. The smallest absolute Gasteiger partial charge is 0.158 e. The Morgan fingerprint density at radius 2 is 1.80 bits per heavy atom. The number of nitrogens with one attached hydrogen (secondary N) is 1. The van der Waals surface area contributed by atoms with Gasteiger partial charge in [0.1, 0.15) is 5.82 Å². The fourth-order valence-electron chi connectivity index (χ4n) is 3.22. The Bertz CT molecular complexity index is 1000. The third-order valence-electron chi connectivity index (χ3n) is 4.52. The highest BCUT2D eigenvalue weighted by Crippen LogP contribution is 2.24. The summed E-state index contributed by atoms with van der Waals surface area (Å²) in [6, 6.07) is 21.3. The molecule has 0 saturated carbocycles. The number of fused-ring (bicyclic) bond motifs is 3. The van der Waals surface area contributed by atoms with Gasteiger partial charge in [0.25, 0.3) is 0 Å². The van der Waals surface area contributed by atoms with Crippen molar-refractivity contribution in [2.45, 2.75) is 32.7 Å². The van der Waals surface area contributed by atoms with Crippen LogP contribution in [0.3, 0.4) is 0 Å². The van der Waals surface area contributed by atoms with Crippen LogP contribution in [-0.4, -0.2) is 20.6 Å². The summed E-state index contributed by atoms with van der Waals surface area (Å²) in [6.07, 6.45) is 2.12. The molecule has 4 aromatic rings. The fraction of sp³-hybridized carbons (Fsp3) is 0.238. The number of anilines is 1. The van der Waals surface area contributed by atoms with Crippen LogP contribution in [0.15, 0.2) is 60.7 Å². The lowest BCUT2D eigenvalue weighted by Gasteiger charge is -2.16. The van der Waals surface area contributed by atoms with Crippen LogP contribution >= 0.6 is 0 Å². The zero-order valence-corrected chi connectivity index (χ0v) is 14.6. The maximum Gasteiger partial charge on any atom is 0.158 e. The topological polar surface area (TPSA) is 42.2 Å². The van der Waals surface area contributed by atoms with Crippen molar-refractivity contribution < 1.29 is 0 Å². The van der Waals surface area contributed by atoms with Crippen LogP contribution in [0.4, 0.5) is 5.82 Å². The van der Waals surface area contributed by atoms with Crippen molar-refractivity contribution in [1.82, 2.24) is 14.6 Å². The molecular formula is C21H22N4.